The third-order valence-corrected chi connectivity index (χ3v) is 3.14. The molecule has 0 saturated heterocycles. The minimum Gasteiger partial charge on any atom is -0.388 e. The van der Waals surface area contributed by atoms with Crippen LogP contribution in [0.4, 0.5) is 5.69 Å². The first-order valence-corrected chi connectivity index (χ1v) is 6.63. The predicted octanol–water partition coefficient (Wildman–Crippen LogP) is 3.13. The highest BCUT2D eigenvalue weighted by Crippen LogP contribution is 2.09. The van der Waals surface area contributed by atoms with Crippen LogP contribution in [-0.2, 0) is 0 Å². The van der Waals surface area contributed by atoms with E-state index in [0.29, 0.717) is 0 Å². The Balaban J connectivity index is 0.000000211. The number of amidine groups is 1. The largest absolute Gasteiger partial charge is 0.388 e. The lowest BCUT2D eigenvalue weighted by atomic mass is 10.1. The zero-order chi connectivity index (χ0) is 15.8. The standard InChI is InChI=1S/C9H10O.C8H11N3/c1-7-4-3-5-8(2)9(7)6-10;1-11-7-4-2-6(3-5-7)8(9)10/h3-6H,1-2H3;2-5,11H,1H3,(H3,9,10). The molecule has 0 saturated carbocycles. The van der Waals surface area contributed by atoms with Gasteiger partial charge in [0.15, 0.2) is 6.29 Å². The molecule has 0 aliphatic carbocycles. The van der Waals surface area contributed by atoms with Crippen LogP contribution < -0.4 is 11.1 Å². The van der Waals surface area contributed by atoms with Crippen molar-refractivity contribution in [3.8, 4) is 0 Å². The van der Waals surface area contributed by atoms with Crippen molar-refractivity contribution < 1.29 is 4.79 Å². The van der Waals surface area contributed by atoms with Crippen LogP contribution >= 0.6 is 0 Å². The second kappa shape index (κ2) is 7.85. The van der Waals surface area contributed by atoms with Crippen LogP contribution in [0.5, 0.6) is 0 Å². The van der Waals surface area contributed by atoms with Gasteiger partial charge in [-0.1, -0.05) is 18.2 Å². The van der Waals surface area contributed by atoms with Crippen molar-refractivity contribution >= 4 is 17.8 Å². The Bertz CT molecular complexity index is 598. The van der Waals surface area contributed by atoms with Crippen LogP contribution in [0.25, 0.3) is 0 Å². The highest BCUT2D eigenvalue weighted by Gasteiger charge is 1.97. The minimum atomic E-state index is 0.104. The van der Waals surface area contributed by atoms with Crippen molar-refractivity contribution in [2.75, 3.05) is 12.4 Å². The maximum absolute atomic E-state index is 10.4. The van der Waals surface area contributed by atoms with E-state index in [4.69, 9.17) is 11.1 Å². The van der Waals surface area contributed by atoms with E-state index in [1.807, 2.05) is 63.4 Å². The van der Waals surface area contributed by atoms with E-state index in [1.54, 1.807) is 0 Å². The summed E-state index contributed by atoms with van der Waals surface area (Å²) in [6, 6.07) is 13.2. The topological polar surface area (TPSA) is 79.0 Å². The normalized spacial score (nSPS) is 9.29. The number of nitrogens with one attached hydrogen (secondary N) is 2. The highest BCUT2D eigenvalue weighted by atomic mass is 16.1. The van der Waals surface area contributed by atoms with Gasteiger partial charge < -0.3 is 11.1 Å². The average molecular weight is 283 g/mol. The average Bonchev–Trinajstić information content (AvgIpc) is 2.48. The first-order chi connectivity index (χ1) is 9.99. The van der Waals surface area contributed by atoms with Crippen LogP contribution in [0.1, 0.15) is 27.0 Å². The van der Waals surface area contributed by atoms with Crippen molar-refractivity contribution in [2.24, 2.45) is 5.73 Å². The molecule has 110 valence electrons. The summed E-state index contributed by atoms with van der Waals surface area (Å²) in [6.45, 7) is 3.88. The number of rotatable bonds is 3. The van der Waals surface area contributed by atoms with Gasteiger partial charge in [-0.2, -0.15) is 0 Å². The second-order valence-electron chi connectivity index (χ2n) is 4.66. The zero-order valence-electron chi connectivity index (χ0n) is 12.6. The molecule has 0 spiro atoms. The Labute approximate surface area is 125 Å². The van der Waals surface area contributed by atoms with Gasteiger partial charge in [-0.25, -0.2) is 0 Å². The first-order valence-electron chi connectivity index (χ1n) is 6.63. The van der Waals surface area contributed by atoms with E-state index >= 15 is 0 Å². The molecular formula is C17H21N3O. The molecule has 0 aliphatic rings. The fraction of sp³-hybridized carbons (Fsp3) is 0.176. The van der Waals surface area contributed by atoms with Gasteiger partial charge in [0, 0.05) is 23.9 Å². The molecule has 4 nitrogen and oxygen atoms in total. The third kappa shape index (κ3) is 4.76. The lowest BCUT2D eigenvalue weighted by Crippen LogP contribution is -2.10. The molecule has 0 fully saturated rings. The fourth-order valence-corrected chi connectivity index (χ4v) is 1.83. The van der Waals surface area contributed by atoms with Gasteiger partial charge in [0.05, 0.1) is 0 Å². The smallest absolute Gasteiger partial charge is 0.150 e. The Morgan fingerprint density at radius 1 is 1.10 bits per heavy atom. The van der Waals surface area contributed by atoms with E-state index < -0.39 is 0 Å². The van der Waals surface area contributed by atoms with Gasteiger partial charge in [0.25, 0.3) is 0 Å². The molecule has 0 heterocycles. The lowest BCUT2D eigenvalue weighted by Gasteiger charge is -2.00. The van der Waals surface area contributed by atoms with Gasteiger partial charge in [-0.15, -0.1) is 0 Å². The molecular weight excluding hydrogens is 262 g/mol. The maximum Gasteiger partial charge on any atom is 0.150 e. The van der Waals surface area contributed by atoms with E-state index in [-0.39, 0.29) is 5.84 Å². The quantitative estimate of drug-likeness (QED) is 0.460. The van der Waals surface area contributed by atoms with Crippen molar-refractivity contribution in [1.29, 1.82) is 5.41 Å². The van der Waals surface area contributed by atoms with Crippen molar-refractivity contribution in [3.63, 3.8) is 0 Å². The monoisotopic (exact) mass is 283 g/mol. The summed E-state index contributed by atoms with van der Waals surface area (Å²) in [5.74, 6) is 0.104. The Morgan fingerprint density at radius 2 is 1.62 bits per heavy atom. The molecule has 21 heavy (non-hydrogen) atoms. The molecule has 0 amide bonds. The molecule has 0 aromatic heterocycles. The second-order valence-corrected chi connectivity index (χ2v) is 4.66. The number of aryl methyl sites for hydroxylation is 2. The van der Waals surface area contributed by atoms with Crippen LogP contribution in [0, 0.1) is 19.3 Å². The lowest BCUT2D eigenvalue weighted by molar-refractivity contribution is 0.112. The number of hydrogen-bond donors (Lipinski definition) is 3. The van der Waals surface area contributed by atoms with Gasteiger partial charge in [-0.3, -0.25) is 10.2 Å². The van der Waals surface area contributed by atoms with Crippen molar-refractivity contribution in [2.45, 2.75) is 13.8 Å². The number of carbonyl (C=O) groups is 1. The molecule has 0 atom stereocenters. The number of benzene rings is 2. The molecule has 0 bridgehead atoms. The predicted molar refractivity (Wildman–Crippen MR) is 88.3 cm³/mol. The number of nitrogens with two attached hydrogens (primary N) is 1. The van der Waals surface area contributed by atoms with E-state index in [2.05, 4.69) is 5.32 Å². The Hall–Kier alpha value is -2.62. The van der Waals surface area contributed by atoms with Gasteiger partial charge in [-0.05, 0) is 49.2 Å². The maximum atomic E-state index is 10.4. The molecule has 0 radical (unpaired) electrons. The molecule has 2 aromatic carbocycles. The molecule has 0 unspecified atom stereocenters. The van der Waals surface area contributed by atoms with Crippen LogP contribution in [0.2, 0.25) is 0 Å². The third-order valence-electron chi connectivity index (χ3n) is 3.14. The fourth-order valence-electron chi connectivity index (χ4n) is 1.83. The number of aldehydes is 1. The number of anilines is 1. The van der Waals surface area contributed by atoms with E-state index in [9.17, 15) is 4.79 Å². The zero-order valence-corrected chi connectivity index (χ0v) is 12.6. The van der Waals surface area contributed by atoms with Crippen molar-refractivity contribution in [1.82, 2.24) is 0 Å². The van der Waals surface area contributed by atoms with E-state index in [0.717, 1.165) is 34.2 Å². The molecule has 2 aromatic rings. The summed E-state index contributed by atoms with van der Waals surface area (Å²) < 4.78 is 0. The number of carbonyl (C=O) groups excluding carboxylic acids is 1. The van der Waals surface area contributed by atoms with Gasteiger partial charge in [0.2, 0.25) is 0 Å². The summed E-state index contributed by atoms with van der Waals surface area (Å²) in [4.78, 5) is 10.4. The summed E-state index contributed by atoms with van der Waals surface area (Å²) in [7, 11) is 1.85. The molecule has 2 rings (SSSR count). The summed E-state index contributed by atoms with van der Waals surface area (Å²) >= 11 is 0. The van der Waals surface area contributed by atoms with Crippen LogP contribution in [0.3, 0.4) is 0 Å². The van der Waals surface area contributed by atoms with E-state index in [1.165, 1.54) is 0 Å². The summed E-state index contributed by atoms with van der Waals surface area (Å²) in [5.41, 5.74) is 9.97. The van der Waals surface area contributed by atoms with Gasteiger partial charge >= 0.3 is 0 Å². The minimum absolute atomic E-state index is 0.104. The van der Waals surface area contributed by atoms with Gasteiger partial charge in [0.1, 0.15) is 5.84 Å². The SMILES string of the molecule is CNc1ccc(C(=N)N)cc1.Cc1cccc(C)c1C=O. The summed E-state index contributed by atoms with van der Waals surface area (Å²) in [5, 5.41) is 10.1. The Morgan fingerprint density at radius 3 is 1.95 bits per heavy atom. The van der Waals surface area contributed by atoms with Crippen LogP contribution in [0.15, 0.2) is 42.5 Å². The van der Waals surface area contributed by atoms with Crippen molar-refractivity contribution in [3.05, 3.63) is 64.7 Å². The van der Waals surface area contributed by atoms with Crippen LogP contribution in [-0.4, -0.2) is 19.2 Å². The molecule has 0 aliphatic heterocycles. The number of nitrogen functional groups attached to an aromatic ring is 1. The first kappa shape index (κ1) is 16.4. The summed E-state index contributed by atoms with van der Waals surface area (Å²) in [6.07, 6.45) is 0.907. The molecule has 4 N–H and O–H groups in total. The molecule has 4 heteroatoms. The number of hydrogen-bond acceptors (Lipinski definition) is 3. The highest BCUT2D eigenvalue weighted by molar-refractivity contribution is 5.95. The Kier molecular flexibility index (Phi) is 6.14.